The number of hydrogen-bond acceptors (Lipinski definition) is 19. The number of carbonyl (C=O) groups excluding carboxylic acids is 12. The molecule has 8 rings (SSSR count). The minimum atomic E-state index is -1.72. The van der Waals surface area contributed by atoms with Gasteiger partial charge in [-0.2, -0.15) is 0 Å². The van der Waals surface area contributed by atoms with E-state index in [0.717, 1.165) is 54.1 Å². The third kappa shape index (κ3) is 20.3. The fourth-order valence-electron chi connectivity index (χ4n) is 12.4. The summed E-state index contributed by atoms with van der Waals surface area (Å²) in [7, 11) is 3.71. The van der Waals surface area contributed by atoms with E-state index in [1.54, 1.807) is 36.5 Å². The molecule has 0 saturated carbocycles. The molecule has 33 heteroatoms. The number of hydrogen-bond donors (Lipinski definition) is 13. The molecule has 5 saturated heterocycles. The zero-order valence-electron chi connectivity index (χ0n) is 54.2. The number of carboxylic acids is 1. The van der Waals surface area contributed by atoms with E-state index >= 15 is 14.4 Å². The number of benzene rings is 2. The van der Waals surface area contributed by atoms with Gasteiger partial charge in [-0.1, -0.05) is 131 Å². The van der Waals surface area contributed by atoms with Crippen LogP contribution in [0, 0.1) is 0 Å². The van der Waals surface area contributed by atoms with E-state index in [1.807, 2.05) is 38.1 Å². The summed E-state index contributed by atoms with van der Waals surface area (Å²) in [6, 6.07) is -0.694. The van der Waals surface area contributed by atoms with Crippen molar-refractivity contribution >= 4 is 131 Å². The van der Waals surface area contributed by atoms with Gasteiger partial charge in [-0.3, -0.25) is 57.5 Å². The lowest BCUT2D eigenvalue weighted by Crippen LogP contribution is -2.61. The molecule has 5 fully saturated rings. The van der Waals surface area contributed by atoms with Gasteiger partial charge in [0.2, 0.25) is 70.9 Å². The molecular weight excluding hydrogens is 1330 g/mol. The first kappa shape index (κ1) is 75.2. The summed E-state index contributed by atoms with van der Waals surface area (Å²) in [5.41, 5.74) is 7.64. The number of aliphatic hydroxyl groups excluding tert-OH is 1. The number of aliphatic carboxylic acids is 1. The van der Waals surface area contributed by atoms with Crippen LogP contribution in [0.2, 0.25) is 0 Å². The predicted octanol–water partition coefficient (Wildman–Crippen LogP) is -0.505. The maximum absolute atomic E-state index is 15.3. The standard InChI is InChI=1S/C64H88N14O15S4/c1-3-5-18-40-61(89)76-24-12-21-49(76)60(88)75-48(64(92)93)35-97-96-33-46-58(86)72-44(31-79)55(83)69-41(19-6-4-2)62(90)78-26-14-23-51(78)63(91)77-25-13-22-50(77)59(87)74-47(34-95-94-32-45(56(84)73-46)67-52(80)29-65)57(85)70-42(27-36-15-8-7-9-16-36)53(81)71-43(54(82)68-40)28-37-30-66-39-20-11-10-17-38(37)39/h7-11,15-17,20,30,40-51,66,79H,3-6,12-14,18-19,21-29,31-35,65H2,1-2H3,(H,67,80)(H,68,82)(H,69,83)(H,70,85)(H,71,81)(H,72,86)(H,73,84)(H,74,87)(H,75,88)(H,92,93)/t40-,41-,42-,43-,44-,45-,46-,47-,48-,49-,50-,51-/m0/s1. The number of H-pyrrole nitrogens is 1. The Labute approximate surface area is 577 Å². The fourth-order valence-corrected chi connectivity index (χ4v) is 17.1. The monoisotopic (exact) mass is 1420 g/mol. The van der Waals surface area contributed by atoms with Gasteiger partial charge in [-0.05, 0) is 68.6 Å². The van der Waals surface area contributed by atoms with E-state index < -0.39 is 163 Å². The Kier molecular flexibility index (Phi) is 28.6. The Hall–Kier alpha value is -7.59. The minimum Gasteiger partial charge on any atom is -0.480 e. The molecule has 528 valence electrons. The predicted molar refractivity (Wildman–Crippen MR) is 366 cm³/mol. The van der Waals surface area contributed by atoms with Gasteiger partial charge >= 0.3 is 5.97 Å². The highest BCUT2D eigenvalue weighted by Crippen LogP contribution is 2.30. The Balaban J connectivity index is 1.22. The first-order valence-corrected chi connectivity index (χ1v) is 38.0. The fraction of sp³-hybridized carbons (Fsp3) is 0.578. The second-order valence-corrected chi connectivity index (χ2v) is 29.7. The van der Waals surface area contributed by atoms with Crippen LogP contribution in [0.25, 0.3) is 10.9 Å². The summed E-state index contributed by atoms with van der Waals surface area (Å²) >= 11 is 0. The number of fused-ring (bicyclic) bond motifs is 12. The van der Waals surface area contributed by atoms with E-state index in [4.69, 9.17) is 5.73 Å². The van der Waals surface area contributed by atoms with Gasteiger partial charge in [0.05, 0.1) is 13.2 Å². The van der Waals surface area contributed by atoms with Crippen molar-refractivity contribution in [3.05, 3.63) is 71.9 Å². The van der Waals surface area contributed by atoms with Crippen LogP contribution in [0.3, 0.4) is 0 Å². The summed E-state index contributed by atoms with van der Waals surface area (Å²) < 4.78 is 0. The quantitative estimate of drug-likeness (QED) is 0.0905. The zero-order valence-corrected chi connectivity index (χ0v) is 57.5. The van der Waals surface area contributed by atoms with E-state index in [-0.39, 0.29) is 87.6 Å². The lowest BCUT2D eigenvalue weighted by Gasteiger charge is -2.33. The molecule has 3 aromatic rings. The summed E-state index contributed by atoms with van der Waals surface area (Å²) in [5, 5.41) is 46.2. The van der Waals surface area contributed by atoms with Crippen LogP contribution in [-0.4, -0.2) is 235 Å². The van der Waals surface area contributed by atoms with Crippen LogP contribution in [-0.2, 0) is 75.2 Å². The molecule has 12 atom stereocenters. The topological polar surface area (TPSA) is 422 Å². The largest absolute Gasteiger partial charge is 0.480 e. The molecule has 0 spiro atoms. The van der Waals surface area contributed by atoms with E-state index in [2.05, 4.69) is 52.8 Å². The Morgan fingerprint density at radius 1 is 0.526 bits per heavy atom. The average molecular weight is 1420 g/mol. The van der Waals surface area contributed by atoms with Crippen molar-refractivity contribution in [2.75, 3.05) is 55.8 Å². The number of carboxylic acid groups (broad SMARTS) is 1. The van der Waals surface area contributed by atoms with Gasteiger partial charge in [-0.25, -0.2) is 4.79 Å². The summed E-state index contributed by atoms with van der Waals surface area (Å²) in [6.45, 7) is 2.48. The normalized spacial score (nSPS) is 27.8. The van der Waals surface area contributed by atoms with Crippen LogP contribution in [0.4, 0.5) is 0 Å². The molecule has 2 bridgehead atoms. The van der Waals surface area contributed by atoms with Crippen molar-refractivity contribution in [3.63, 3.8) is 0 Å². The molecule has 0 aliphatic carbocycles. The second-order valence-electron chi connectivity index (χ2n) is 24.6. The molecule has 14 N–H and O–H groups in total. The van der Waals surface area contributed by atoms with Gasteiger partial charge in [-0.15, -0.1) is 0 Å². The van der Waals surface area contributed by atoms with Crippen molar-refractivity contribution in [1.82, 2.24) is 67.5 Å². The van der Waals surface area contributed by atoms with E-state index in [1.165, 1.54) is 14.7 Å². The van der Waals surface area contributed by atoms with Crippen LogP contribution in [0.5, 0.6) is 0 Å². The Morgan fingerprint density at radius 3 is 1.58 bits per heavy atom. The number of nitrogens with zero attached hydrogens (tertiary/aromatic N) is 3. The number of nitrogens with two attached hydrogens (primary N) is 1. The molecule has 2 aromatic carbocycles. The van der Waals surface area contributed by atoms with Crippen molar-refractivity contribution in [2.45, 2.75) is 176 Å². The zero-order chi connectivity index (χ0) is 69.7. The molecular formula is C64H88N14O15S4. The number of aromatic nitrogens is 1. The van der Waals surface area contributed by atoms with Crippen molar-refractivity contribution in [2.24, 2.45) is 5.73 Å². The molecule has 12 amide bonds. The van der Waals surface area contributed by atoms with Crippen molar-refractivity contribution in [1.29, 1.82) is 0 Å². The average Bonchev–Trinajstić information content (AvgIpc) is 1.70. The second kappa shape index (κ2) is 36.8. The number of unbranched alkanes of at least 4 members (excludes halogenated alkanes) is 2. The van der Waals surface area contributed by atoms with Crippen LogP contribution >= 0.6 is 43.2 Å². The highest BCUT2D eigenvalue weighted by Gasteiger charge is 2.46. The Morgan fingerprint density at radius 2 is 1.00 bits per heavy atom. The number of carbonyl (C=O) groups is 13. The SMILES string of the molecule is CCCC[C@@H]1NC(=O)[C@H](Cc2c[nH]c3ccccc23)NC(=O)[C@H](Cc2ccccc2)NC(=O)[C@@H]2CSSC[C@H](NC(=O)CN)C(=O)N[C@@H](CSSC[C@@H](C(=O)O)NC(=O)[C@@H]3CCCN3C1=O)C(=O)N[C@@H](CO)C(=O)N[C@@H](CCCC)C(=O)N1CCC[C@H]1C(=O)N1CCC[C@H]1C(=O)N2. The van der Waals surface area contributed by atoms with E-state index in [9.17, 15) is 58.2 Å². The number of amides is 12. The molecule has 6 heterocycles. The minimum absolute atomic E-state index is 0.0746. The highest BCUT2D eigenvalue weighted by atomic mass is 33.1. The third-order valence-electron chi connectivity index (χ3n) is 17.7. The van der Waals surface area contributed by atoms with Gasteiger partial charge in [0.15, 0.2) is 0 Å². The van der Waals surface area contributed by atoms with Gasteiger partial charge < -0.3 is 83.5 Å². The lowest BCUT2D eigenvalue weighted by molar-refractivity contribution is -0.148. The molecule has 29 nitrogen and oxygen atoms in total. The van der Waals surface area contributed by atoms with Crippen molar-refractivity contribution in [3.8, 4) is 0 Å². The summed E-state index contributed by atoms with van der Waals surface area (Å²) in [4.78, 5) is 196. The maximum atomic E-state index is 15.3. The molecule has 0 unspecified atom stereocenters. The first-order chi connectivity index (χ1) is 46.7. The number of aromatic amines is 1. The molecule has 0 radical (unpaired) electrons. The first-order valence-electron chi connectivity index (χ1n) is 33.0. The van der Waals surface area contributed by atoms with Gasteiger partial charge in [0, 0.05) is 72.6 Å². The molecule has 1 aromatic heterocycles. The number of para-hydroxylation sites is 1. The summed E-state index contributed by atoms with van der Waals surface area (Å²) in [6.07, 6.45) is 5.28. The molecule has 5 aliphatic heterocycles. The smallest absolute Gasteiger partial charge is 0.327 e. The third-order valence-corrected chi connectivity index (χ3v) is 22.6. The number of aliphatic hydroxyl groups is 1. The van der Waals surface area contributed by atoms with Gasteiger partial charge in [0.25, 0.3) is 0 Å². The highest BCUT2D eigenvalue weighted by molar-refractivity contribution is 8.77. The van der Waals surface area contributed by atoms with Crippen LogP contribution in [0.1, 0.15) is 102 Å². The van der Waals surface area contributed by atoms with Crippen LogP contribution < -0.4 is 53.6 Å². The molecule has 97 heavy (non-hydrogen) atoms. The van der Waals surface area contributed by atoms with E-state index in [0.29, 0.717) is 56.1 Å². The van der Waals surface area contributed by atoms with Gasteiger partial charge in [0.1, 0.15) is 72.5 Å². The lowest BCUT2D eigenvalue weighted by atomic mass is 10.0. The maximum Gasteiger partial charge on any atom is 0.327 e. The number of rotatable bonds is 14. The molecule has 5 aliphatic rings. The Bertz CT molecular complexity index is 3330. The van der Waals surface area contributed by atoms with Crippen LogP contribution in [0.15, 0.2) is 60.8 Å². The van der Waals surface area contributed by atoms with Crippen molar-refractivity contribution < 1.29 is 72.5 Å². The summed E-state index contributed by atoms with van der Waals surface area (Å²) in [5.74, 6) is -12.3. The number of nitrogens with one attached hydrogen (secondary N) is 10.